The topological polar surface area (TPSA) is 41.6 Å². The second kappa shape index (κ2) is 7.61. The number of carbonyl (C=O) groups is 1. The molecular formula is C12H16BrClN2O2. The van der Waals surface area contributed by atoms with Gasteiger partial charge in [-0.2, -0.15) is 0 Å². The van der Waals surface area contributed by atoms with E-state index >= 15 is 0 Å². The first-order valence-electron chi connectivity index (χ1n) is 5.62. The van der Waals surface area contributed by atoms with Crippen molar-refractivity contribution in [2.45, 2.75) is 0 Å². The average Bonchev–Trinajstić information content (AvgIpc) is 2.37. The first-order valence-corrected chi connectivity index (χ1v) is 6.42. The molecule has 1 saturated heterocycles. The lowest BCUT2D eigenvalue weighted by Crippen LogP contribution is -2.47. The molecule has 0 unspecified atom stereocenters. The summed E-state index contributed by atoms with van der Waals surface area (Å²) in [6.07, 6.45) is 0. The van der Waals surface area contributed by atoms with Crippen LogP contribution >= 0.6 is 28.3 Å². The first-order chi connectivity index (χ1) is 8.25. The molecule has 0 radical (unpaired) electrons. The number of nitrogens with zero attached hydrogens (tertiary/aromatic N) is 1. The minimum Gasteiger partial charge on any atom is -0.484 e. The molecule has 100 valence electrons. The van der Waals surface area contributed by atoms with Crippen molar-refractivity contribution < 1.29 is 9.53 Å². The highest BCUT2D eigenvalue weighted by Gasteiger charge is 2.16. The van der Waals surface area contributed by atoms with Gasteiger partial charge in [-0.25, -0.2) is 0 Å². The summed E-state index contributed by atoms with van der Waals surface area (Å²) in [6.45, 7) is 3.36. The molecule has 0 spiro atoms. The van der Waals surface area contributed by atoms with Crippen molar-refractivity contribution in [2.75, 3.05) is 32.8 Å². The van der Waals surface area contributed by atoms with E-state index in [0.717, 1.165) is 30.7 Å². The number of rotatable bonds is 3. The summed E-state index contributed by atoms with van der Waals surface area (Å²) in [5.74, 6) is 0.759. The molecule has 0 atom stereocenters. The number of benzene rings is 1. The van der Waals surface area contributed by atoms with Gasteiger partial charge in [0.2, 0.25) is 0 Å². The van der Waals surface area contributed by atoms with Crippen molar-refractivity contribution in [1.29, 1.82) is 0 Å². The summed E-state index contributed by atoms with van der Waals surface area (Å²) in [7, 11) is 0. The van der Waals surface area contributed by atoms with E-state index in [-0.39, 0.29) is 24.9 Å². The third kappa shape index (κ3) is 4.48. The number of piperazine rings is 1. The van der Waals surface area contributed by atoms with E-state index in [4.69, 9.17) is 4.74 Å². The van der Waals surface area contributed by atoms with Gasteiger partial charge in [-0.3, -0.25) is 4.79 Å². The fourth-order valence-electron chi connectivity index (χ4n) is 1.71. The van der Waals surface area contributed by atoms with Gasteiger partial charge >= 0.3 is 0 Å². The number of hydrogen-bond donors (Lipinski definition) is 1. The second-order valence-corrected chi connectivity index (χ2v) is 4.79. The molecule has 1 aliphatic heterocycles. The largest absolute Gasteiger partial charge is 0.484 e. The van der Waals surface area contributed by atoms with Gasteiger partial charge in [0.15, 0.2) is 6.61 Å². The third-order valence-electron chi connectivity index (χ3n) is 2.63. The molecule has 0 aliphatic carbocycles. The van der Waals surface area contributed by atoms with Gasteiger partial charge in [-0.05, 0) is 18.2 Å². The fourth-order valence-corrected chi connectivity index (χ4v) is 2.09. The zero-order valence-electron chi connectivity index (χ0n) is 9.89. The Bertz CT molecular complexity index is 397. The molecule has 1 N–H and O–H groups in total. The molecule has 1 amide bonds. The van der Waals surface area contributed by atoms with Crippen LogP contribution in [-0.2, 0) is 4.79 Å². The molecule has 1 fully saturated rings. The summed E-state index contributed by atoms with van der Waals surface area (Å²) in [6, 6.07) is 7.50. The van der Waals surface area contributed by atoms with Gasteiger partial charge < -0.3 is 15.0 Å². The van der Waals surface area contributed by atoms with Crippen LogP contribution in [0.1, 0.15) is 0 Å². The van der Waals surface area contributed by atoms with Crippen molar-refractivity contribution in [3.8, 4) is 5.75 Å². The summed E-state index contributed by atoms with van der Waals surface area (Å²) in [4.78, 5) is 13.6. The summed E-state index contributed by atoms with van der Waals surface area (Å²) >= 11 is 3.36. The van der Waals surface area contributed by atoms with Gasteiger partial charge in [0.25, 0.3) is 5.91 Å². The van der Waals surface area contributed by atoms with Crippen LogP contribution < -0.4 is 10.1 Å². The Hall–Kier alpha value is -0.780. The van der Waals surface area contributed by atoms with E-state index in [9.17, 15) is 4.79 Å². The Balaban J connectivity index is 0.00000162. The molecule has 1 aromatic rings. The van der Waals surface area contributed by atoms with Gasteiger partial charge in [-0.1, -0.05) is 22.0 Å². The molecule has 18 heavy (non-hydrogen) atoms. The Kier molecular flexibility index (Phi) is 6.46. The van der Waals surface area contributed by atoms with Crippen molar-refractivity contribution in [1.82, 2.24) is 10.2 Å². The number of hydrogen-bond acceptors (Lipinski definition) is 3. The van der Waals surface area contributed by atoms with E-state index in [1.54, 1.807) is 0 Å². The zero-order chi connectivity index (χ0) is 12.1. The lowest BCUT2D eigenvalue weighted by Gasteiger charge is -2.27. The highest BCUT2D eigenvalue weighted by molar-refractivity contribution is 9.10. The number of nitrogens with one attached hydrogen (secondary N) is 1. The van der Waals surface area contributed by atoms with Crippen LogP contribution in [0.4, 0.5) is 0 Å². The normalized spacial score (nSPS) is 14.8. The first kappa shape index (κ1) is 15.3. The van der Waals surface area contributed by atoms with Gasteiger partial charge in [0.05, 0.1) is 0 Å². The molecule has 0 bridgehead atoms. The number of halogens is 2. The molecule has 1 heterocycles. The van der Waals surface area contributed by atoms with Crippen LogP contribution in [0.25, 0.3) is 0 Å². The Morgan fingerprint density at radius 2 is 2.11 bits per heavy atom. The number of carbonyl (C=O) groups excluding carboxylic acids is 1. The lowest BCUT2D eigenvalue weighted by molar-refractivity contribution is -0.133. The quantitative estimate of drug-likeness (QED) is 0.914. The van der Waals surface area contributed by atoms with Gasteiger partial charge in [0, 0.05) is 30.7 Å². The van der Waals surface area contributed by atoms with E-state index in [1.165, 1.54) is 0 Å². The average molecular weight is 336 g/mol. The molecule has 2 rings (SSSR count). The van der Waals surface area contributed by atoms with E-state index < -0.39 is 0 Å². The Morgan fingerprint density at radius 3 is 2.78 bits per heavy atom. The van der Waals surface area contributed by atoms with Crippen molar-refractivity contribution in [3.63, 3.8) is 0 Å². The Morgan fingerprint density at radius 1 is 1.39 bits per heavy atom. The van der Waals surface area contributed by atoms with Crippen molar-refractivity contribution in [3.05, 3.63) is 28.7 Å². The van der Waals surface area contributed by atoms with Crippen molar-refractivity contribution >= 4 is 34.2 Å². The summed E-state index contributed by atoms with van der Waals surface area (Å²) in [5.41, 5.74) is 0. The number of ether oxygens (including phenoxy) is 1. The molecule has 0 saturated carbocycles. The van der Waals surface area contributed by atoms with Crippen LogP contribution in [0.5, 0.6) is 5.75 Å². The van der Waals surface area contributed by atoms with Crippen LogP contribution in [0.2, 0.25) is 0 Å². The van der Waals surface area contributed by atoms with Crippen molar-refractivity contribution in [2.24, 2.45) is 0 Å². The zero-order valence-corrected chi connectivity index (χ0v) is 12.3. The molecule has 1 aromatic carbocycles. The molecule has 1 aliphatic rings. The molecular weight excluding hydrogens is 320 g/mol. The van der Waals surface area contributed by atoms with Crippen LogP contribution in [0.15, 0.2) is 28.7 Å². The predicted octanol–water partition coefficient (Wildman–Crippen LogP) is 1.68. The summed E-state index contributed by atoms with van der Waals surface area (Å²) in [5, 5.41) is 3.21. The van der Waals surface area contributed by atoms with E-state index in [1.807, 2.05) is 29.2 Å². The Labute approximate surface area is 121 Å². The molecule has 4 nitrogen and oxygen atoms in total. The van der Waals surface area contributed by atoms with E-state index in [2.05, 4.69) is 21.2 Å². The minimum atomic E-state index is 0. The second-order valence-electron chi connectivity index (χ2n) is 3.88. The van der Waals surface area contributed by atoms with E-state index in [0.29, 0.717) is 5.75 Å². The highest BCUT2D eigenvalue weighted by atomic mass is 79.9. The van der Waals surface area contributed by atoms with Crippen LogP contribution in [0, 0.1) is 0 Å². The maximum absolute atomic E-state index is 11.8. The monoisotopic (exact) mass is 334 g/mol. The molecule has 6 heteroatoms. The number of amides is 1. The molecule has 0 aromatic heterocycles. The van der Waals surface area contributed by atoms with Gasteiger partial charge in [0.1, 0.15) is 5.75 Å². The SMILES string of the molecule is Cl.O=C(COc1cccc(Br)c1)N1CCNCC1. The highest BCUT2D eigenvalue weighted by Crippen LogP contribution is 2.17. The summed E-state index contributed by atoms with van der Waals surface area (Å²) < 4.78 is 6.41. The smallest absolute Gasteiger partial charge is 0.260 e. The van der Waals surface area contributed by atoms with Crippen LogP contribution in [-0.4, -0.2) is 43.6 Å². The van der Waals surface area contributed by atoms with Crippen LogP contribution in [0.3, 0.4) is 0 Å². The van der Waals surface area contributed by atoms with Gasteiger partial charge in [-0.15, -0.1) is 12.4 Å². The standard InChI is InChI=1S/C12H15BrN2O2.ClH/c13-10-2-1-3-11(8-10)17-9-12(16)15-6-4-14-5-7-15;/h1-3,8,14H,4-7,9H2;1H. The lowest BCUT2D eigenvalue weighted by atomic mass is 10.3. The predicted molar refractivity (Wildman–Crippen MR) is 76.3 cm³/mol. The third-order valence-corrected chi connectivity index (χ3v) is 3.12. The minimum absolute atomic E-state index is 0. The maximum atomic E-state index is 11.8. The fraction of sp³-hybridized carbons (Fsp3) is 0.417. The maximum Gasteiger partial charge on any atom is 0.260 e.